The van der Waals surface area contributed by atoms with Gasteiger partial charge in [0.25, 0.3) is 5.91 Å². The molecule has 1 N–H and O–H groups in total. The largest absolute Gasteiger partial charge is 0.508 e. The summed E-state index contributed by atoms with van der Waals surface area (Å²) in [6.07, 6.45) is 0. The number of phenolic OH excluding ortho intramolecular Hbond substituents is 1. The van der Waals surface area contributed by atoms with E-state index in [4.69, 9.17) is 9.47 Å². The van der Waals surface area contributed by atoms with Crippen LogP contribution in [0.2, 0.25) is 0 Å². The Hall–Kier alpha value is -2.69. The van der Waals surface area contributed by atoms with Gasteiger partial charge in [-0.15, -0.1) is 0 Å². The Morgan fingerprint density at radius 3 is 2.48 bits per heavy atom. The lowest BCUT2D eigenvalue weighted by Gasteiger charge is -2.17. The van der Waals surface area contributed by atoms with Gasteiger partial charge in [0, 0.05) is 18.8 Å². The standard InChI is InChI=1S/C16H17NO4/c1-17(12-6-8-13(18)9-7-12)16(19)11-21-15-5-3-4-14(10-15)20-2/h3-10,18H,11H2,1-2H3. The number of anilines is 1. The van der Waals surface area contributed by atoms with Crippen LogP contribution in [0.25, 0.3) is 0 Å². The fraction of sp³-hybridized carbons (Fsp3) is 0.188. The first-order valence-corrected chi connectivity index (χ1v) is 6.42. The topological polar surface area (TPSA) is 59.0 Å². The van der Waals surface area contributed by atoms with Crippen molar-refractivity contribution in [2.75, 3.05) is 25.7 Å². The van der Waals surface area contributed by atoms with E-state index >= 15 is 0 Å². The highest BCUT2D eigenvalue weighted by Gasteiger charge is 2.11. The van der Waals surface area contributed by atoms with Crippen LogP contribution in [0.15, 0.2) is 48.5 Å². The van der Waals surface area contributed by atoms with E-state index in [9.17, 15) is 9.90 Å². The van der Waals surface area contributed by atoms with Crippen molar-refractivity contribution in [3.63, 3.8) is 0 Å². The second-order valence-corrected chi connectivity index (χ2v) is 4.44. The molecule has 0 saturated heterocycles. The van der Waals surface area contributed by atoms with Gasteiger partial charge in [0.1, 0.15) is 17.2 Å². The fourth-order valence-electron chi connectivity index (χ4n) is 1.75. The molecule has 2 aromatic rings. The summed E-state index contributed by atoms with van der Waals surface area (Å²) in [4.78, 5) is 13.5. The highest BCUT2D eigenvalue weighted by molar-refractivity contribution is 5.93. The lowest BCUT2D eigenvalue weighted by Crippen LogP contribution is -2.31. The van der Waals surface area contributed by atoms with Crippen molar-refractivity contribution in [1.82, 2.24) is 0 Å². The molecule has 2 rings (SSSR count). The molecular weight excluding hydrogens is 270 g/mol. The van der Waals surface area contributed by atoms with E-state index in [2.05, 4.69) is 0 Å². The Kier molecular flexibility index (Phi) is 4.66. The first-order chi connectivity index (χ1) is 10.1. The molecule has 110 valence electrons. The molecular formula is C16H17NO4. The monoisotopic (exact) mass is 287 g/mol. The second-order valence-electron chi connectivity index (χ2n) is 4.44. The minimum Gasteiger partial charge on any atom is -0.508 e. The smallest absolute Gasteiger partial charge is 0.264 e. The molecule has 0 bridgehead atoms. The van der Waals surface area contributed by atoms with Crippen LogP contribution in [-0.2, 0) is 4.79 Å². The number of likely N-dealkylation sites (N-methyl/N-ethyl adjacent to an activating group) is 1. The number of aromatic hydroxyl groups is 1. The van der Waals surface area contributed by atoms with Gasteiger partial charge < -0.3 is 19.5 Å². The highest BCUT2D eigenvalue weighted by Crippen LogP contribution is 2.20. The van der Waals surface area contributed by atoms with Crippen LogP contribution in [-0.4, -0.2) is 31.8 Å². The van der Waals surface area contributed by atoms with E-state index in [1.807, 2.05) is 0 Å². The third-order valence-corrected chi connectivity index (χ3v) is 3.01. The van der Waals surface area contributed by atoms with E-state index in [-0.39, 0.29) is 18.3 Å². The predicted molar refractivity (Wildman–Crippen MR) is 80.0 cm³/mol. The van der Waals surface area contributed by atoms with Crippen LogP contribution in [0.5, 0.6) is 17.2 Å². The van der Waals surface area contributed by atoms with Gasteiger partial charge in [-0.05, 0) is 36.4 Å². The first kappa shape index (κ1) is 14.7. The van der Waals surface area contributed by atoms with Crippen LogP contribution in [0.4, 0.5) is 5.69 Å². The van der Waals surface area contributed by atoms with Crippen molar-refractivity contribution in [1.29, 1.82) is 0 Å². The summed E-state index contributed by atoms with van der Waals surface area (Å²) in [5.74, 6) is 1.21. The number of carbonyl (C=O) groups is 1. The zero-order chi connectivity index (χ0) is 15.2. The molecule has 0 radical (unpaired) electrons. The quantitative estimate of drug-likeness (QED) is 0.917. The van der Waals surface area contributed by atoms with Gasteiger partial charge in [0.05, 0.1) is 7.11 Å². The maximum Gasteiger partial charge on any atom is 0.264 e. The lowest BCUT2D eigenvalue weighted by molar-refractivity contribution is -0.120. The molecule has 0 atom stereocenters. The summed E-state index contributed by atoms with van der Waals surface area (Å²) in [6.45, 7) is -0.0788. The van der Waals surface area contributed by atoms with Crippen molar-refractivity contribution in [3.8, 4) is 17.2 Å². The molecule has 1 amide bonds. The average molecular weight is 287 g/mol. The summed E-state index contributed by atoms with van der Waals surface area (Å²) in [5.41, 5.74) is 0.687. The molecule has 0 aliphatic heterocycles. The van der Waals surface area contributed by atoms with Crippen molar-refractivity contribution < 1.29 is 19.4 Å². The molecule has 0 saturated carbocycles. The van der Waals surface area contributed by atoms with Crippen LogP contribution in [0.1, 0.15) is 0 Å². The molecule has 5 heteroatoms. The molecule has 0 spiro atoms. The normalized spacial score (nSPS) is 10.0. The number of benzene rings is 2. The number of carbonyl (C=O) groups excluding carboxylic acids is 1. The first-order valence-electron chi connectivity index (χ1n) is 6.42. The number of amides is 1. The minimum absolute atomic E-state index is 0.0788. The Morgan fingerprint density at radius 2 is 1.81 bits per heavy atom. The van der Waals surface area contributed by atoms with E-state index < -0.39 is 0 Å². The van der Waals surface area contributed by atoms with Crippen LogP contribution < -0.4 is 14.4 Å². The fourth-order valence-corrected chi connectivity index (χ4v) is 1.75. The van der Waals surface area contributed by atoms with E-state index in [0.29, 0.717) is 17.2 Å². The van der Waals surface area contributed by atoms with Gasteiger partial charge in [-0.25, -0.2) is 0 Å². The zero-order valence-corrected chi connectivity index (χ0v) is 11.9. The Balaban J connectivity index is 1.96. The highest BCUT2D eigenvalue weighted by atomic mass is 16.5. The average Bonchev–Trinajstić information content (AvgIpc) is 2.53. The van der Waals surface area contributed by atoms with Gasteiger partial charge in [0.2, 0.25) is 0 Å². The molecule has 0 fully saturated rings. The number of hydrogen-bond acceptors (Lipinski definition) is 4. The molecule has 21 heavy (non-hydrogen) atoms. The molecule has 0 aliphatic carbocycles. The summed E-state index contributed by atoms with van der Waals surface area (Å²) >= 11 is 0. The number of rotatable bonds is 5. The van der Waals surface area contributed by atoms with Crippen LogP contribution >= 0.6 is 0 Å². The van der Waals surface area contributed by atoms with Crippen LogP contribution in [0.3, 0.4) is 0 Å². The van der Waals surface area contributed by atoms with Crippen molar-refractivity contribution in [2.24, 2.45) is 0 Å². The van der Waals surface area contributed by atoms with Gasteiger partial charge in [0.15, 0.2) is 6.61 Å². The number of phenols is 1. The van der Waals surface area contributed by atoms with Gasteiger partial charge in [-0.3, -0.25) is 4.79 Å². The molecule has 0 aliphatic rings. The van der Waals surface area contributed by atoms with Crippen LogP contribution in [0, 0.1) is 0 Å². The van der Waals surface area contributed by atoms with Crippen molar-refractivity contribution >= 4 is 11.6 Å². The van der Waals surface area contributed by atoms with E-state index in [1.54, 1.807) is 50.6 Å². The maximum atomic E-state index is 12.1. The van der Waals surface area contributed by atoms with Gasteiger partial charge in [-0.2, -0.15) is 0 Å². The van der Waals surface area contributed by atoms with E-state index in [1.165, 1.54) is 17.0 Å². The number of nitrogens with zero attached hydrogens (tertiary/aromatic N) is 1. The Labute approximate surface area is 123 Å². The molecule has 5 nitrogen and oxygen atoms in total. The third-order valence-electron chi connectivity index (χ3n) is 3.01. The molecule has 0 unspecified atom stereocenters. The molecule has 0 heterocycles. The second kappa shape index (κ2) is 6.65. The summed E-state index contributed by atoms with van der Waals surface area (Å²) in [5, 5.41) is 9.24. The van der Waals surface area contributed by atoms with Crippen molar-refractivity contribution in [2.45, 2.75) is 0 Å². The van der Waals surface area contributed by atoms with Gasteiger partial charge in [-0.1, -0.05) is 6.07 Å². The summed E-state index contributed by atoms with van der Waals surface area (Å²) in [7, 11) is 3.23. The van der Waals surface area contributed by atoms with Crippen molar-refractivity contribution in [3.05, 3.63) is 48.5 Å². The Bertz CT molecular complexity index is 610. The summed E-state index contributed by atoms with van der Waals surface area (Å²) in [6, 6.07) is 13.5. The third kappa shape index (κ3) is 3.89. The lowest BCUT2D eigenvalue weighted by atomic mass is 10.3. The molecule has 2 aromatic carbocycles. The zero-order valence-electron chi connectivity index (χ0n) is 11.9. The molecule has 0 aromatic heterocycles. The minimum atomic E-state index is -0.191. The van der Waals surface area contributed by atoms with E-state index in [0.717, 1.165) is 0 Å². The Morgan fingerprint density at radius 1 is 1.14 bits per heavy atom. The van der Waals surface area contributed by atoms with Gasteiger partial charge >= 0.3 is 0 Å². The SMILES string of the molecule is COc1cccc(OCC(=O)N(C)c2ccc(O)cc2)c1. The number of hydrogen-bond donors (Lipinski definition) is 1. The summed E-state index contributed by atoms with van der Waals surface area (Å²) < 4.78 is 10.5. The predicted octanol–water partition coefficient (Wildman–Crippen LogP) is 2.44. The number of methoxy groups -OCH3 is 1. The number of ether oxygens (including phenoxy) is 2. The maximum absolute atomic E-state index is 12.1.